The van der Waals surface area contributed by atoms with E-state index in [1.807, 2.05) is 0 Å². The highest BCUT2D eigenvalue weighted by atomic mass is 19.1. The van der Waals surface area contributed by atoms with E-state index in [0.29, 0.717) is 39.0 Å². The molecule has 4 rings (SSSR count). The van der Waals surface area contributed by atoms with Gasteiger partial charge in [0.2, 0.25) is 5.95 Å². The van der Waals surface area contributed by atoms with E-state index in [1.165, 1.54) is 24.1 Å². The molecule has 0 radical (unpaired) electrons. The summed E-state index contributed by atoms with van der Waals surface area (Å²) < 4.78 is 19.2. The number of benzene rings is 3. The Bertz CT molecular complexity index is 1310. The third-order valence-corrected chi connectivity index (χ3v) is 4.99. The summed E-state index contributed by atoms with van der Waals surface area (Å²) in [7, 11) is 4.86. The average Bonchev–Trinajstić information content (AvgIpc) is 3.21. The molecule has 0 fully saturated rings. The lowest BCUT2D eigenvalue weighted by molar-refractivity contribution is 0.0827. The summed E-state index contributed by atoms with van der Waals surface area (Å²) >= 11 is 0. The smallest absolute Gasteiger partial charge is 0.257 e. The number of carbonyl (C=O) groups is 2. The number of carbonyl (C=O) groups excluding carboxylic acids is 2. The van der Waals surface area contributed by atoms with Gasteiger partial charge in [0.15, 0.2) is 0 Å². The second-order valence-corrected chi connectivity index (χ2v) is 7.37. The zero-order chi connectivity index (χ0) is 22.8. The Hall–Kier alpha value is -4.20. The van der Waals surface area contributed by atoms with E-state index in [2.05, 4.69) is 15.3 Å². The summed E-state index contributed by atoms with van der Waals surface area (Å²) in [5, 5.41) is 2.73. The number of imidazole rings is 1. The minimum atomic E-state index is -0.390. The Morgan fingerprint density at radius 3 is 2.41 bits per heavy atom. The van der Waals surface area contributed by atoms with Crippen LogP contribution in [-0.4, -0.2) is 47.9 Å². The average molecular weight is 432 g/mol. The number of fused-ring (bicyclic) bond motifs is 1. The number of aromatic nitrogens is 2. The van der Waals surface area contributed by atoms with Crippen molar-refractivity contribution in [3.05, 3.63) is 77.6 Å². The number of aromatic amines is 1. The molecular formula is C24H21FN4O3. The van der Waals surface area contributed by atoms with Crippen molar-refractivity contribution in [2.45, 2.75) is 0 Å². The maximum Gasteiger partial charge on any atom is 0.257 e. The highest BCUT2D eigenvalue weighted by Crippen LogP contribution is 2.34. The molecule has 0 atom stereocenters. The number of hydrogen-bond acceptors (Lipinski definition) is 4. The van der Waals surface area contributed by atoms with Crippen molar-refractivity contribution in [2.75, 3.05) is 26.5 Å². The van der Waals surface area contributed by atoms with Gasteiger partial charge in [-0.3, -0.25) is 14.9 Å². The molecule has 1 aromatic heterocycles. The third-order valence-electron chi connectivity index (χ3n) is 4.99. The van der Waals surface area contributed by atoms with E-state index in [1.54, 1.807) is 62.6 Å². The molecule has 4 aromatic rings. The molecule has 0 saturated heterocycles. The molecule has 0 unspecified atom stereocenters. The zero-order valence-electron chi connectivity index (χ0n) is 17.8. The summed E-state index contributed by atoms with van der Waals surface area (Å²) in [6.07, 6.45) is 0. The van der Waals surface area contributed by atoms with Crippen LogP contribution in [-0.2, 0) is 0 Å². The summed E-state index contributed by atoms with van der Waals surface area (Å²) in [6, 6.07) is 16.1. The first-order valence-electron chi connectivity index (χ1n) is 9.83. The molecule has 0 bridgehead atoms. The van der Waals surface area contributed by atoms with Crippen LogP contribution in [0.25, 0.3) is 22.2 Å². The molecule has 0 saturated carbocycles. The van der Waals surface area contributed by atoms with E-state index in [9.17, 15) is 14.0 Å². The molecule has 1 heterocycles. The molecule has 3 aromatic carbocycles. The fourth-order valence-corrected chi connectivity index (χ4v) is 3.39. The lowest BCUT2D eigenvalue weighted by Crippen LogP contribution is -2.21. The fourth-order valence-electron chi connectivity index (χ4n) is 3.39. The number of nitrogens with one attached hydrogen (secondary N) is 2. The number of halogens is 1. The van der Waals surface area contributed by atoms with Crippen LogP contribution in [0.2, 0.25) is 0 Å². The van der Waals surface area contributed by atoms with Crippen LogP contribution in [0.3, 0.4) is 0 Å². The number of amides is 2. The van der Waals surface area contributed by atoms with Crippen molar-refractivity contribution in [3.8, 4) is 16.9 Å². The summed E-state index contributed by atoms with van der Waals surface area (Å²) in [5.74, 6) is -0.127. The van der Waals surface area contributed by atoms with E-state index in [-0.39, 0.29) is 23.6 Å². The molecular weight excluding hydrogens is 411 g/mol. The standard InChI is InChI=1S/C24H21FN4O3/c1-29(2)23(31)15-9-7-14(8-10-15)22(30)28-24-26-20-18(16-5-4-6-17(25)13-16)11-12-19(32-3)21(20)27-24/h4-13H,1-3H3,(H2,26,27,28,30). The first-order valence-corrected chi connectivity index (χ1v) is 9.83. The van der Waals surface area contributed by atoms with Crippen LogP contribution >= 0.6 is 0 Å². The van der Waals surface area contributed by atoms with Gasteiger partial charge in [0.1, 0.15) is 22.6 Å². The highest BCUT2D eigenvalue weighted by molar-refractivity contribution is 6.05. The van der Waals surface area contributed by atoms with Gasteiger partial charge in [0.05, 0.1) is 7.11 Å². The fraction of sp³-hybridized carbons (Fsp3) is 0.125. The van der Waals surface area contributed by atoms with Gasteiger partial charge in [-0.05, 0) is 54.1 Å². The zero-order valence-corrected chi connectivity index (χ0v) is 17.8. The van der Waals surface area contributed by atoms with Crippen LogP contribution in [0.15, 0.2) is 60.7 Å². The van der Waals surface area contributed by atoms with Crippen LogP contribution in [0.5, 0.6) is 5.75 Å². The molecule has 0 aliphatic carbocycles. The topological polar surface area (TPSA) is 87.3 Å². The lowest BCUT2D eigenvalue weighted by atomic mass is 10.0. The van der Waals surface area contributed by atoms with Crippen LogP contribution in [0.4, 0.5) is 10.3 Å². The Labute approximate surface area is 183 Å². The molecule has 0 spiro atoms. The van der Waals surface area contributed by atoms with Gasteiger partial charge in [-0.25, -0.2) is 9.37 Å². The van der Waals surface area contributed by atoms with E-state index in [0.717, 1.165) is 0 Å². The Morgan fingerprint density at radius 2 is 1.75 bits per heavy atom. The van der Waals surface area contributed by atoms with Crippen LogP contribution in [0.1, 0.15) is 20.7 Å². The van der Waals surface area contributed by atoms with Crippen molar-refractivity contribution in [2.24, 2.45) is 0 Å². The number of ether oxygens (including phenoxy) is 1. The second-order valence-electron chi connectivity index (χ2n) is 7.37. The van der Waals surface area contributed by atoms with Gasteiger partial charge >= 0.3 is 0 Å². The number of hydrogen-bond donors (Lipinski definition) is 2. The molecule has 7 nitrogen and oxygen atoms in total. The van der Waals surface area contributed by atoms with E-state index >= 15 is 0 Å². The minimum absolute atomic E-state index is 0.147. The number of methoxy groups -OCH3 is 1. The maximum absolute atomic E-state index is 13.8. The lowest BCUT2D eigenvalue weighted by Gasteiger charge is -2.10. The van der Waals surface area contributed by atoms with Crippen molar-refractivity contribution in [3.63, 3.8) is 0 Å². The first kappa shape index (κ1) is 21.0. The largest absolute Gasteiger partial charge is 0.494 e. The predicted octanol–water partition coefficient (Wildman–Crippen LogP) is 4.33. The molecule has 0 aliphatic heterocycles. The van der Waals surface area contributed by atoms with Crippen molar-refractivity contribution < 1.29 is 18.7 Å². The summed E-state index contributed by atoms with van der Waals surface area (Å²) in [5.41, 5.74) is 3.33. The monoisotopic (exact) mass is 432 g/mol. The Balaban J connectivity index is 1.66. The minimum Gasteiger partial charge on any atom is -0.494 e. The number of H-pyrrole nitrogens is 1. The van der Waals surface area contributed by atoms with Crippen molar-refractivity contribution in [1.29, 1.82) is 0 Å². The molecule has 0 aliphatic rings. The second kappa shape index (κ2) is 8.50. The number of anilines is 1. The quantitative estimate of drug-likeness (QED) is 0.491. The predicted molar refractivity (Wildman–Crippen MR) is 120 cm³/mol. The number of rotatable bonds is 5. The van der Waals surface area contributed by atoms with Gasteiger partial charge in [-0.2, -0.15) is 0 Å². The molecule has 162 valence electrons. The van der Waals surface area contributed by atoms with Crippen LogP contribution in [0, 0.1) is 5.82 Å². The van der Waals surface area contributed by atoms with Gasteiger partial charge < -0.3 is 14.6 Å². The molecule has 2 amide bonds. The Morgan fingerprint density at radius 1 is 1.03 bits per heavy atom. The van der Waals surface area contributed by atoms with Gasteiger partial charge in [-0.1, -0.05) is 12.1 Å². The summed E-state index contributed by atoms with van der Waals surface area (Å²) in [4.78, 5) is 33.8. The first-order chi connectivity index (χ1) is 15.4. The Kier molecular flexibility index (Phi) is 5.59. The molecule has 2 N–H and O–H groups in total. The third kappa shape index (κ3) is 4.02. The van der Waals surface area contributed by atoms with Crippen molar-refractivity contribution in [1.82, 2.24) is 14.9 Å². The van der Waals surface area contributed by atoms with Gasteiger partial charge in [0.25, 0.3) is 11.8 Å². The SMILES string of the molecule is COc1ccc(-c2cccc(F)c2)c2nc(NC(=O)c3ccc(C(=O)N(C)C)cc3)[nH]c12. The van der Waals surface area contributed by atoms with E-state index in [4.69, 9.17) is 4.74 Å². The van der Waals surface area contributed by atoms with E-state index < -0.39 is 0 Å². The van der Waals surface area contributed by atoms with Gasteiger partial charge in [0, 0.05) is 30.8 Å². The van der Waals surface area contributed by atoms with Gasteiger partial charge in [-0.15, -0.1) is 0 Å². The highest BCUT2D eigenvalue weighted by Gasteiger charge is 2.16. The van der Waals surface area contributed by atoms with Crippen LogP contribution < -0.4 is 10.1 Å². The van der Waals surface area contributed by atoms with Crippen molar-refractivity contribution >= 4 is 28.8 Å². The maximum atomic E-state index is 13.8. The molecule has 32 heavy (non-hydrogen) atoms. The normalized spacial score (nSPS) is 10.8. The number of nitrogens with zero attached hydrogens (tertiary/aromatic N) is 2. The molecule has 8 heteroatoms. The summed E-state index contributed by atoms with van der Waals surface area (Å²) in [6.45, 7) is 0.